The molecule has 106 valence electrons. The van der Waals surface area contributed by atoms with Crippen LogP contribution in [0, 0.1) is 0 Å². The molecule has 0 aliphatic heterocycles. The van der Waals surface area contributed by atoms with Gasteiger partial charge in [0.2, 0.25) is 0 Å². The zero-order valence-electron chi connectivity index (χ0n) is 12.8. The van der Waals surface area contributed by atoms with E-state index in [0.717, 1.165) is 12.0 Å². The van der Waals surface area contributed by atoms with Crippen molar-refractivity contribution in [2.24, 2.45) is 0 Å². The first kappa shape index (κ1) is 15.5. The summed E-state index contributed by atoms with van der Waals surface area (Å²) in [5, 5.41) is 0. The molecule has 0 aliphatic rings. The van der Waals surface area contributed by atoms with E-state index in [2.05, 4.69) is 32.6 Å². The van der Waals surface area contributed by atoms with Crippen LogP contribution < -0.4 is 9.64 Å². The number of carbonyl (C=O) groups excluding carboxylic acids is 1. The monoisotopic (exact) mass is 263 g/mol. The molecule has 0 unspecified atom stereocenters. The summed E-state index contributed by atoms with van der Waals surface area (Å²) in [6, 6.07) is 6.57. The van der Waals surface area contributed by atoms with Gasteiger partial charge in [-0.05, 0) is 53.7 Å². The van der Waals surface area contributed by atoms with Crippen molar-refractivity contribution < 1.29 is 9.53 Å². The Labute approximate surface area is 116 Å². The van der Waals surface area contributed by atoms with E-state index in [0.29, 0.717) is 23.4 Å². The molecule has 0 spiro atoms. The van der Waals surface area contributed by atoms with E-state index in [1.165, 1.54) is 0 Å². The van der Waals surface area contributed by atoms with Crippen molar-refractivity contribution in [2.45, 2.75) is 59.7 Å². The van der Waals surface area contributed by atoms with Gasteiger partial charge in [-0.2, -0.15) is 0 Å². The maximum Gasteiger partial charge on any atom is 0.153 e. The van der Waals surface area contributed by atoms with Crippen LogP contribution in [0.5, 0.6) is 5.75 Å². The molecule has 19 heavy (non-hydrogen) atoms. The molecule has 0 N–H and O–H groups in total. The fourth-order valence-electron chi connectivity index (χ4n) is 2.33. The van der Waals surface area contributed by atoms with Crippen LogP contribution in [0.3, 0.4) is 0 Å². The summed E-state index contributed by atoms with van der Waals surface area (Å²) in [6.45, 7) is 12.6. The fourth-order valence-corrected chi connectivity index (χ4v) is 2.33. The summed E-state index contributed by atoms with van der Waals surface area (Å²) in [5.41, 5.74) is 1.69. The lowest BCUT2D eigenvalue weighted by molar-refractivity contribution is 0.111. The number of nitrogens with zero attached hydrogens (tertiary/aromatic N) is 1. The van der Waals surface area contributed by atoms with Gasteiger partial charge in [0, 0.05) is 23.8 Å². The maximum absolute atomic E-state index is 11.1. The van der Waals surface area contributed by atoms with E-state index in [1.807, 2.05) is 32.0 Å². The van der Waals surface area contributed by atoms with Crippen molar-refractivity contribution in [3.8, 4) is 5.75 Å². The second kappa shape index (κ2) is 6.60. The third kappa shape index (κ3) is 3.98. The van der Waals surface area contributed by atoms with Gasteiger partial charge in [-0.25, -0.2) is 0 Å². The van der Waals surface area contributed by atoms with E-state index in [-0.39, 0.29) is 6.10 Å². The highest BCUT2D eigenvalue weighted by atomic mass is 16.5. The number of ether oxygens (including phenoxy) is 1. The molecule has 3 nitrogen and oxygen atoms in total. The lowest BCUT2D eigenvalue weighted by atomic mass is 10.1. The zero-order chi connectivity index (χ0) is 14.6. The molecule has 0 radical (unpaired) electrons. The Morgan fingerprint density at radius 1 is 1.05 bits per heavy atom. The molecular weight excluding hydrogens is 238 g/mol. The van der Waals surface area contributed by atoms with Crippen LogP contribution in [-0.2, 0) is 0 Å². The minimum absolute atomic E-state index is 0.0560. The van der Waals surface area contributed by atoms with Crippen molar-refractivity contribution in [3.63, 3.8) is 0 Å². The number of hydrogen-bond donors (Lipinski definition) is 0. The highest BCUT2D eigenvalue weighted by Gasteiger charge is 2.16. The molecule has 0 heterocycles. The molecule has 0 aliphatic carbocycles. The van der Waals surface area contributed by atoms with Gasteiger partial charge in [-0.1, -0.05) is 0 Å². The lowest BCUT2D eigenvalue weighted by Gasteiger charge is -2.33. The smallest absolute Gasteiger partial charge is 0.153 e. The van der Waals surface area contributed by atoms with Gasteiger partial charge >= 0.3 is 0 Å². The summed E-state index contributed by atoms with van der Waals surface area (Å²) in [7, 11) is 0. The van der Waals surface area contributed by atoms with Gasteiger partial charge in [0.05, 0.1) is 11.7 Å². The summed E-state index contributed by atoms with van der Waals surface area (Å²) in [6.07, 6.45) is 0.900. The highest BCUT2D eigenvalue weighted by Crippen LogP contribution is 2.28. The Balaban J connectivity index is 3.19. The Morgan fingerprint density at radius 2 is 1.63 bits per heavy atom. The van der Waals surface area contributed by atoms with Gasteiger partial charge < -0.3 is 9.64 Å². The number of aldehydes is 1. The van der Waals surface area contributed by atoms with Crippen LogP contribution in [0.4, 0.5) is 5.69 Å². The van der Waals surface area contributed by atoms with Crippen LogP contribution >= 0.6 is 0 Å². The van der Waals surface area contributed by atoms with Crippen molar-refractivity contribution in [1.29, 1.82) is 0 Å². The Hall–Kier alpha value is -1.51. The van der Waals surface area contributed by atoms with Crippen molar-refractivity contribution in [2.75, 3.05) is 4.90 Å². The summed E-state index contributed by atoms with van der Waals surface area (Å²) in [4.78, 5) is 13.4. The minimum atomic E-state index is 0.0560. The number of carbonyl (C=O) groups is 1. The van der Waals surface area contributed by atoms with Crippen LogP contribution in [0.1, 0.15) is 51.9 Å². The van der Waals surface area contributed by atoms with E-state index in [9.17, 15) is 4.79 Å². The number of hydrogen-bond acceptors (Lipinski definition) is 3. The summed E-state index contributed by atoms with van der Waals surface area (Å²) < 4.78 is 5.73. The quantitative estimate of drug-likeness (QED) is 0.729. The summed E-state index contributed by atoms with van der Waals surface area (Å²) in [5.74, 6) is 0.661. The van der Waals surface area contributed by atoms with E-state index in [4.69, 9.17) is 4.74 Å². The molecule has 0 aromatic heterocycles. The lowest BCUT2D eigenvalue weighted by Crippen LogP contribution is -2.37. The molecule has 0 atom stereocenters. The third-order valence-electron chi connectivity index (χ3n) is 2.90. The molecule has 0 saturated heterocycles. The molecule has 0 bridgehead atoms. The Kier molecular flexibility index (Phi) is 5.40. The van der Waals surface area contributed by atoms with Crippen molar-refractivity contribution in [3.05, 3.63) is 23.8 Å². The molecule has 0 saturated carbocycles. The predicted octanol–water partition coefficient (Wildman–Crippen LogP) is 3.91. The Morgan fingerprint density at radius 3 is 2.05 bits per heavy atom. The van der Waals surface area contributed by atoms with Gasteiger partial charge in [0.15, 0.2) is 6.29 Å². The third-order valence-corrected chi connectivity index (χ3v) is 2.90. The van der Waals surface area contributed by atoms with Gasteiger partial charge in [0.25, 0.3) is 0 Å². The second-order valence-corrected chi connectivity index (χ2v) is 5.60. The summed E-state index contributed by atoms with van der Waals surface area (Å²) >= 11 is 0. The van der Waals surface area contributed by atoms with E-state index in [1.54, 1.807) is 0 Å². The molecular formula is C16H25NO2. The first-order valence-corrected chi connectivity index (χ1v) is 6.91. The average molecular weight is 263 g/mol. The first-order valence-electron chi connectivity index (χ1n) is 6.91. The minimum Gasteiger partial charge on any atom is -0.490 e. The standard InChI is InChI=1S/C16H25NO2/c1-11(2)17(12(3)4)15-8-7-14(10-18)16(9-15)19-13(5)6/h7-13H,1-6H3. The molecule has 1 aromatic rings. The maximum atomic E-state index is 11.1. The SMILES string of the molecule is CC(C)Oc1cc(N(C(C)C)C(C)C)ccc1C=O. The molecule has 1 rings (SSSR count). The predicted molar refractivity (Wildman–Crippen MR) is 80.3 cm³/mol. The van der Waals surface area contributed by atoms with Crippen LogP contribution in [0.2, 0.25) is 0 Å². The van der Waals surface area contributed by atoms with Gasteiger partial charge in [-0.3, -0.25) is 4.79 Å². The topological polar surface area (TPSA) is 29.5 Å². The number of anilines is 1. The largest absolute Gasteiger partial charge is 0.490 e. The fraction of sp³-hybridized carbons (Fsp3) is 0.562. The second-order valence-electron chi connectivity index (χ2n) is 5.60. The molecule has 1 aromatic carbocycles. The van der Waals surface area contributed by atoms with Gasteiger partial charge in [0.1, 0.15) is 5.75 Å². The number of rotatable bonds is 6. The average Bonchev–Trinajstić information content (AvgIpc) is 2.27. The van der Waals surface area contributed by atoms with Crippen LogP contribution in [0.25, 0.3) is 0 Å². The van der Waals surface area contributed by atoms with Crippen LogP contribution in [0.15, 0.2) is 18.2 Å². The van der Waals surface area contributed by atoms with Crippen LogP contribution in [-0.4, -0.2) is 24.5 Å². The molecule has 3 heteroatoms. The van der Waals surface area contributed by atoms with Crippen molar-refractivity contribution >= 4 is 12.0 Å². The van der Waals surface area contributed by atoms with Crippen molar-refractivity contribution in [1.82, 2.24) is 0 Å². The van der Waals surface area contributed by atoms with Gasteiger partial charge in [-0.15, -0.1) is 0 Å². The number of benzene rings is 1. The zero-order valence-corrected chi connectivity index (χ0v) is 12.8. The normalized spacial score (nSPS) is 11.2. The van der Waals surface area contributed by atoms with E-state index < -0.39 is 0 Å². The molecule has 0 fully saturated rings. The highest BCUT2D eigenvalue weighted by molar-refractivity contribution is 5.81. The molecule has 0 amide bonds. The Bertz CT molecular complexity index is 417. The first-order chi connectivity index (χ1) is 8.86. The van der Waals surface area contributed by atoms with E-state index >= 15 is 0 Å².